The van der Waals surface area contributed by atoms with Crippen LogP contribution in [0.1, 0.15) is 59.3 Å². The fourth-order valence-electron chi connectivity index (χ4n) is 2.66. The Labute approximate surface area is 124 Å². The summed E-state index contributed by atoms with van der Waals surface area (Å²) in [4.78, 5) is 14.4. The van der Waals surface area contributed by atoms with Crippen LogP contribution in [0.3, 0.4) is 0 Å². The van der Waals surface area contributed by atoms with Crippen molar-refractivity contribution in [3.63, 3.8) is 0 Å². The van der Waals surface area contributed by atoms with Gasteiger partial charge < -0.3 is 15.5 Å². The van der Waals surface area contributed by atoms with Gasteiger partial charge in [-0.15, -0.1) is 0 Å². The van der Waals surface area contributed by atoms with Crippen molar-refractivity contribution >= 4 is 5.91 Å². The van der Waals surface area contributed by atoms with Gasteiger partial charge in [0.15, 0.2) is 0 Å². The van der Waals surface area contributed by atoms with E-state index >= 15 is 0 Å². The molecule has 0 aliphatic heterocycles. The van der Waals surface area contributed by atoms with Gasteiger partial charge in [-0.2, -0.15) is 0 Å². The van der Waals surface area contributed by atoms with Crippen LogP contribution >= 0.6 is 0 Å². The summed E-state index contributed by atoms with van der Waals surface area (Å²) in [7, 11) is 2.14. The fraction of sp³-hybridized carbons (Fsp3) is 0.938. The summed E-state index contributed by atoms with van der Waals surface area (Å²) in [5.41, 5.74) is 0. The summed E-state index contributed by atoms with van der Waals surface area (Å²) in [6, 6.07) is 0.911. The Hall–Kier alpha value is -0.610. The molecule has 0 heterocycles. The van der Waals surface area contributed by atoms with Crippen LogP contribution in [0.5, 0.6) is 0 Å². The van der Waals surface area contributed by atoms with Crippen molar-refractivity contribution in [1.29, 1.82) is 0 Å². The first-order valence-electron chi connectivity index (χ1n) is 8.28. The lowest BCUT2D eigenvalue weighted by Gasteiger charge is -2.26. The molecular weight excluding hydrogens is 250 g/mol. The average molecular weight is 283 g/mol. The topological polar surface area (TPSA) is 44.4 Å². The number of carbonyl (C=O) groups excluding carboxylic acids is 1. The Morgan fingerprint density at radius 3 is 2.50 bits per heavy atom. The van der Waals surface area contributed by atoms with E-state index in [1.807, 2.05) is 6.92 Å². The zero-order valence-electron chi connectivity index (χ0n) is 13.7. The Kier molecular flexibility index (Phi) is 8.15. The van der Waals surface area contributed by atoms with E-state index in [-0.39, 0.29) is 11.9 Å². The van der Waals surface area contributed by atoms with Crippen LogP contribution in [0.15, 0.2) is 0 Å². The molecule has 1 aliphatic rings. The maximum absolute atomic E-state index is 12.1. The maximum Gasteiger partial charge on any atom is 0.237 e. The van der Waals surface area contributed by atoms with Gasteiger partial charge in [0.2, 0.25) is 5.91 Å². The lowest BCUT2D eigenvalue weighted by atomic mass is 9.95. The second kappa shape index (κ2) is 9.35. The van der Waals surface area contributed by atoms with E-state index in [0.29, 0.717) is 12.1 Å². The molecule has 0 bridgehead atoms. The number of nitrogens with zero attached hydrogens (tertiary/aromatic N) is 1. The third-order valence-corrected chi connectivity index (χ3v) is 4.60. The Morgan fingerprint density at radius 2 is 1.90 bits per heavy atom. The fourth-order valence-corrected chi connectivity index (χ4v) is 2.66. The van der Waals surface area contributed by atoms with Crippen molar-refractivity contribution in [1.82, 2.24) is 15.5 Å². The maximum atomic E-state index is 12.1. The molecule has 0 aromatic carbocycles. The molecule has 2 N–H and O–H groups in total. The molecule has 4 nitrogen and oxygen atoms in total. The van der Waals surface area contributed by atoms with Crippen molar-refractivity contribution in [2.75, 3.05) is 20.1 Å². The van der Waals surface area contributed by atoms with Gasteiger partial charge in [-0.25, -0.2) is 0 Å². The molecule has 2 unspecified atom stereocenters. The van der Waals surface area contributed by atoms with Crippen LogP contribution < -0.4 is 10.6 Å². The van der Waals surface area contributed by atoms with Crippen molar-refractivity contribution < 1.29 is 4.79 Å². The highest BCUT2D eigenvalue weighted by Gasteiger charge is 2.19. The van der Waals surface area contributed by atoms with Gasteiger partial charge >= 0.3 is 0 Å². The van der Waals surface area contributed by atoms with Crippen molar-refractivity contribution in [2.45, 2.75) is 77.4 Å². The molecule has 0 aromatic heterocycles. The zero-order chi connectivity index (χ0) is 15.0. The first-order chi connectivity index (χ1) is 9.54. The number of hydrogen-bond acceptors (Lipinski definition) is 3. The van der Waals surface area contributed by atoms with Crippen molar-refractivity contribution in [3.8, 4) is 0 Å². The highest BCUT2D eigenvalue weighted by molar-refractivity contribution is 5.81. The second-order valence-corrected chi connectivity index (χ2v) is 6.26. The van der Waals surface area contributed by atoms with E-state index in [4.69, 9.17) is 0 Å². The number of likely N-dealkylation sites (N-methyl/N-ethyl adjacent to an activating group) is 1. The van der Waals surface area contributed by atoms with E-state index < -0.39 is 0 Å². The molecule has 1 fully saturated rings. The summed E-state index contributed by atoms with van der Waals surface area (Å²) in [6.07, 6.45) is 7.29. The first-order valence-corrected chi connectivity index (χ1v) is 8.28. The zero-order valence-corrected chi connectivity index (χ0v) is 13.7. The molecule has 1 aliphatic carbocycles. The normalized spacial score (nSPS) is 19.9. The van der Waals surface area contributed by atoms with Crippen LogP contribution in [0.4, 0.5) is 0 Å². The molecule has 2 atom stereocenters. The standard InChI is InChI=1S/C16H33N3O/c1-5-13(2)19(4)12-11-17-14(3)16(20)18-15-9-7-6-8-10-15/h13-15,17H,5-12H2,1-4H3,(H,18,20). The highest BCUT2D eigenvalue weighted by atomic mass is 16.2. The van der Waals surface area contributed by atoms with E-state index in [9.17, 15) is 4.79 Å². The smallest absolute Gasteiger partial charge is 0.237 e. The van der Waals surface area contributed by atoms with Crippen LogP contribution in [-0.2, 0) is 4.79 Å². The second-order valence-electron chi connectivity index (χ2n) is 6.26. The molecular formula is C16H33N3O. The molecule has 0 radical (unpaired) electrons. The number of hydrogen-bond donors (Lipinski definition) is 2. The van der Waals surface area contributed by atoms with Gasteiger partial charge in [-0.1, -0.05) is 26.2 Å². The molecule has 0 aromatic rings. The SMILES string of the molecule is CCC(C)N(C)CCNC(C)C(=O)NC1CCCCC1. The van der Waals surface area contributed by atoms with Crippen molar-refractivity contribution in [2.24, 2.45) is 0 Å². The molecule has 0 saturated heterocycles. The lowest BCUT2D eigenvalue weighted by molar-refractivity contribution is -0.123. The monoisotopic (exact) mass is 283 g/mol. The third kappa shape index (κ3) is 6.23. The molecule has 4 heteroatoms. The minimum atomic E-state index is -0.0951. The molecule has 0 spiro atoms. The number of carbonyl (C=O) groups is 1. The van der Waals surface area contributed by atoms with E-state index in [1.54, 1.807) is 0 Å². The van der Waals surface area contributed by atoms with Gasteiger partial charge in [-0.3, -0.25) is 4.79 Å². The Morgan fingerprint density at radius 1 is 1.25 bits per heavy atom. The van der Waals surface area contributed by atoms with E-state index in [0.717, 1.165) is 32.4 Å². The summed E-state index contributed by atoms with van der Waals surface area (Å²) in [5.74, 6) is 0.156. The van der Waals surface area contributed by atoms with Gasteiger partial charge in [0.25, 0.3) is 0 Å². The summed E-state index contributed by atoms with van der Waals surface area (Å²) in [6.45, 7) is 8.24. The lowest BCUT2D eigenvalue weighted by Crippen LogP contribution is -2.48. The van der Waals surface area contributed by atoms with Gasteiger partial charge in [0.05, 0.1) is 6.04 Å². The predicted octanol–water partition coefficient (Wildman–Crippen LogP) is 2.14. The van der Waals surface area contributed by atoms with E-state index in [1.165, 1.54) is 19.3 Å². The first kappa shape index (κ1) is 17.4. The third-order valence-electron chi connectivity index (χ3n) is 4.60. The van der Waals surface area contributed by atoms with Gasteiger partial charge in [-0.05, 0) is 40.2 Å². The quantitative estimate of drug-likeness (QED) is 0.717. The Balaban J connectivity index is 2.17. The molecule has 1 amide bonds. The predicted molar refractivity (Wildman–Crippen MR) is 84.9 cm³/mol. The summed E-state index contributed by atoms with van der Waals surface area (Å²) >= 11 is 0. The van der Waals surface area contributed by atoms with Crippen molar-refractivity contribution in [3.05, 3.63) is 0 Å². The molecule has 1 saturated carbocycles. The largest absolute Gasteiger partial charge is 0.352 e. The number of nitrogens with one attached hydrogen (secondary N) is 2. The van der Waals surface area contributed by atoms with Crippen LogP contribution in [0, 0.1) is 0 Å². The van der Waals surface area contributed by atoms with Gasteiger partial charge in [0, 0.05) is 25.2 Å². The van der Waals surface area contributed by atoms with Crippen LogP contribution in [0.25, 0.3) is 0 Å². The van der Waals surface area contributed by atoms with Gasteiger partial charge in [0.1, 0.15) is 0 Å². The number of rotatable bonds is 8. The molecule has 1 rings (SSSR count). The minimum Gasteiger partial charge on any atom is -0.352 e. The summed E-state index contributed by atoms with van der Waals surface area (Å²) < 4.78 is 0. The van der Waals surface area contributed by atoms with E-state index in [2.05, 4.69) is 36.4 Å². The molecule has 20 heavy (non-hydrogen) atoms. The average Bonchev–Trinajstić information content (AvgIpc) is 2.47. The van der Waals surface area contributed by atoms with Crippen LogP contribution in [0.2, 0.25) is 0 Å². The summed E-state index contributed by atoms with van der Waals surface area (Å²) in [5, 5.41) is 6.50. The highest BCUT2D eigenvalue weighted by Crippen LogP contribution is 2.17. The minimum absolute atomic E-state index is 0.0951. The number of amides is 1. The van der Waals surface area contributed by atoms with Crippen LogP contribution in [-0.4, -0.2) is 49.1 Å². The molecule has 118 valence electrons. The Bertz CT molecular complexity index is 277.